The number of aliphatic hydroxyl groups excluding tert-OH is 1. The van der Waals surface area contributed by atoms with Crippen molar-refractivity contribution < 1.29 is 19.8 Å². The first kappa shape index (κ1) is 22.9. The summed E-state index contributed by atoms with van der Waals surface area (Å²) in [6.07, 6.45) is -1.66. The second-order valence-electron chi connectivity index (χ2n) is 7.70. The van der Waals surface area contributed by atoms with E-state index in [2.05, 4.69) is 15.6 Å². The number of aromatic amines is 1. The number of amides is 1. The zero-order valence-corrected chi connectivity index (χ0v) is 18.3. The summed E-state index contributed by atoms with van der Waals surface area (Å²) >= 11 is 0. The van der Waals surface area contributed by atoms with Crippen molar-refractivity contribution in [1.29, 1.82) is 0 Å². The molecular weight excluding hydrogens is 432 g/mol. The quantitative estimate of drug-likeness (QED) is 0.287. The van der Waals surface area contributed by atoms with E-state index < -0.39 is 18.0 Å². The number of aliphatic hydroxyl groups is 1. The highest BCUT2D eigenvalue weighted by Crippen LogP contribution is 2.21. The van der Waals surface area contributed by atoms with E-state index in [1.807, 2.05) is 84.9 Å². The van der Waals surface area contributed by atoms with E-state index >= 15 is 0 Å². The van der Waals surface area contributed by atoms with Crippen LogP contribution in [0.1, 0.15) is 16.1 Å². The van der Waals surface area contributed by atoms with E-state index in [0.717, 1.165) is 22.3 Å². The third kappa shape index (κ3) is 5.55. The van der Waals surface area contributed by atoms with Gasteiger partial charge in [0.2, 0.25) is 0 Å². The number of benzene rings is 3. The van der Waals surface area contributed by atoms with Gasteiger partial charge in [0.15, 0.2) is 6.10 Å². The van der Waals surface area contributed by atoms with Gasteiger partial charge in [0.1, 0.15) is 5.69 Å². The number of rotatable bonds is 9. The Morgan fingerprint density at radius 2 is 1.47 bits per heavy atom. The number of nitrogens with one attached hydrogen (secondary N) is 2. The molecule has 8 heteroatoms. The van der Waals surface area contributed by atoms with Crippen molar-refractivity contribution in [3.63, 3.8) is 0 Å². The van der Waals surface area contributed by atoms with Crippen LogP contribution in [0.25, 0.3) is 22.4 Å². The van der Waals surface area contributed by atoms with Crippen LogP contribution in [-0.2, 0) is 11.3 Å². The summed E-state index contributed by atoms with van der Waals surface area (Å²) in [5.74, 6) is -1.81. The van der Waals surface area contributed by atoms with Crippen molar-refractivity contribution in [2.45, 2.75) is 12.6 Å². The van der Waals surface area contributed by atoms with Gasteiger partial charge in [-0.1, -0.05) is 84.9 Å². The van der Waals surface area contributed by atoms with E-state index in [0.29, 0.717) is 5.69 Å². The van der Waals surface area contributed by atoms with Gasteiger partial charge in [-0.15, -0.1) is 0 Å². The Morgan fingerprint density at radius 1 is 0.882 bits per heavy atom. The Bertz CT molecular complexity index is 1240. The van der Waals surface area contributed by atoms with Crippen molar-refractivity contribution in [2.75, 3.05) is 6.54 Å². The van der Waals surface area contributed by atoms with Crippen LogP contribution in [0.4, 0.5) is 0 Å². The van der Waals surface area contributed by atoms with Gasteiger partial charge in [0.25, 0.3) is 5.91 Å². The maximum absolute atomic E-state index is 13.2. The van der Waals surface area contributed by atoms with Gasteiger partial charge in [-0.05, 0) is 22.8 Å². The monoisotopic (exact) mass is 456 g/mol. The lowest BCUT2D eigenvalue weighted by atomic mass is 10.0. The number of carboxylic acids is 1. The molecule has 0 fully saturated rings. The first-order valence-electron chi connectivity index (χ1n) is 10.7. The average molecular weight is 457 g/mol. The highest BCUT2D eigenvalue weighted by molar-refractivity contribution is 5.93. The van der Waals surface area contributed by atoms with Crippen LogP contribution in [-0.4, -0.2) is 49.9 Å². The molecule has 0 saturated carbocycles. The number of hydrogen-bond donors (Lipinski definition) is 4. The lowest BCUT2D eigenvalue weighted by Crippen LogP contribution is -2.47. The van der Waals surface area contributed by atoms with Crippen LogP contribution < -0.4 is 5.43 Å². The Hall–Kier alpha value is -4.27. The molecule has 1 atom stereocenters. The number of aliphatic carboxylic acids is 1. The molecule has 0 spiro atoms. The van der Waals surface area contributed by atoms with Crippen molar-refractivity contribution in [1.82, 2.24) is 20.6 Å². The molecule has 172 valence electrons. The summed E-state index contributed by atoms with van der Waals surface area (Å²) in [6, 6.07) is 28.7. The second kappa shape index (κ2) is 10.6. The van der Waals surface area contributed by atoms with Crippen LogP contribution in [0.5, 0.6) is 0 Å². The standard InChI is InChI=1S/C26H24N4O4/c31-24(26(33)34)16-27-30(17-18-11-13-20(14-12-18)19-7-3-1-4-8-19)25(32)23-15-22(28-29-23)21-9-5-2-6-10-21/h1-15,24,27,31H,16-17H2,(H,28,29)(H,33,34). The smallest absolute Gasteiger partial charge is 0.333 e. The number of carbonyl (C=O) groups is 2. The fourth-order valence-corrected chi connectivity index (χ4v) is 3.43. The summed E-state index contributed by atoms with van der Waals surface area (Å²) in [4.78, 5) is 24.3. The fourth-order valence-electron chi connectivity index (χ4n) is 3.43. The lowest BCUT2D eigenvalue weighted by molar-refractivity contribution is -0.146. The molecule has 0 bridgehead atoms. The number of carboxylic acid groups (broad SMARTS) is 1. The summed E-state index contributed by atoms with van der Waals surface area (Å²) < 4.78 is 0. The molecule has 4 rings (SSSR count). The first-order valence-corrected chi connectivity index (χ1v) is 10.7. The Morgan fingerprint density at radius 3 is 2.09 bits per heavy atom. The third-order valence-corrected chi connectivity index (χ3v) is 5.29. The molecule has 8 nitrogen and oxygen atoms in total. The topological polar surface area (TPSA) is 119 Å². The van der Waals surface area contributed by atoms with Crippen LogP contribution >= 0.6 is 0 Å². The number of H-pyrrole nitrogens is 1. The van der Waals surface area contributed by atoms with Gasteiger partial charge >= 0.3 is 5.97 Å². The number of aromatic nitrogens is 2. The largest absolute Gasteiger partial charge is 0.479 e. The summed E-state index contributed by atoms with van der Waals surface area (Å²) in [5, 5.41) is 26.9. The van der Waals surface area contributed by atoms with E-state index in [1.165, 1.54) is 5.01 Å². The van der Waals surface area contributed by atoms with Crippen molar-refractivity contribution in [3.8, 4) is 22.4 Å². The molecule has 0 aliphatic carbocycles. The molecule has 1 amide bonds. The summed E-state index contributed by atoms with van der Waals surface area (Å²) in [7, 11) is 0. The molecular formula is C26H24N4O4. The van der Waals surface area contributed by atoms with Crippen LogP contribution in [0.2, 0.25) is 0 Å². The number of nitrogens with zero attached hydrogens (tertiary/aromatic N) is 2. The number of hydrogen-bond acceptors (Lipinski definition) is 5. The van der Waals surface area contributed by atoms with Crippen LogP contribution in [0.3, 0.4) is 0 Å². The van der Waals surface area contributed by atoms with Gasteiger partial charge in [-0.25, -0.2) is 10.2 Å². The molecule has 4 aromatic rings. The van der Waals surface area contributed by atoms with E-state index in [1.54, 1.807) is 6.07 Å². The Labute approximate surface area is 196 Å². The molecule has 1 unspecified atom stereocenters. The molecule has 0 radical (unpaired) electrons. The molecule has 1 heterocycles. The number of hydrazine groups is 1. The minimum atomic E-state index is -1.66. The molecule has 0 saturated heterocycles. The maximum Gasteiger partial charge on any atom is 0.333 e. The number of carbonyl (C=O) groups excluding carboxylic acids is 1. The van der Waals surface area contributed by atoms with Gasteiger partial charge < -0.3 is 10.2 Å². The highest BCUT2D eigenvalue weighted by Gasteiger charge is 2.22. The van der Waals surface area contributed by atoms with E-state index in [-0.39, 0.29) is 18.8 Å². The van der Waals surface area contributed by atoms with Crippen molar-refractivity contribution in [3.05, 3.63) is 102 Å². The van der Waals surface area contributed by atoms with E-state index in [4.69, 9.17) is 5.11 Å². The third-order valence-electron chi connectivity index (χ3n) is 5.29. The maximum atomic E-state index is 13.2. The normalized spacial score (nSPS) is 11.7. The molecule has 3 aromatic carbocycles. The molecule has 0 aliphatic heterocycles. The zero-order chi connectivity index (χ0) is 23.9. The molecule has 0 aliphatic rings. The van der Waals surface area contributed by atoms with Crippen LogP contribution in [0.15, 0.2) is 91.0 Å². The van der Waals surface area contributed by atoms with Crippen LogP contribution in [0, 0.1) is 0 Å². The minimum absolute atomic E-state index is 0.153. The fraction of sp³-hybridized carbons (Fsp3) is 0.115. The van der Waals surface area contributed by atoms with Gasteiger partial charge in [-0.2, -0.15) is 5.10 Å². The zero-order valence-electron chi connectivity index (χ0n) is 18.3. The van der Waals surface area contributed by atoms with Gasteiger partial charge in [0, 0.05) is 5.56 Å². The predicted molar refractivity (Wildman–Crippen MR) is 127 cm³/mol. The summed E-state index contributed by atoms with van der Waals surface area (Å²) in [6.45, 7) is -0.178. The lowest BCUT2D eigenvalue weighted by Gasteiger charge is -2.24. The van der Waals surface area contributed by atoms with Gasteiger partial charge in [0.05, 0.1) is 18.8 Å². The molecule has 34 heavy (non-hydrogen) atoms. The molecule has 1 aromatic heterocycles. The predicted octanol–water partition coefficient (Wildman–Crippen LogP) is 3.34. The summed E-state index contributed by atoms with van der Waals surface area (Å²) in [5.41, 5.74) is 7.40. The Kier molecular flexibility index (Phi) is 7.12. The van der Waals surface area contributed by atoms with Crippen molar-refractivity contribution >= 4 is 11.9 Å². The first-order chi connectivity index (χ1) is 16.5. The van der Waals surface area contributed by atoms with Gasteiger partial charge in [-0.3, -0.25) is 14.9 Å². The minimum Gasteiger partial charge on any atom is -0.479 e. The average Bonchev–Trinajstić information content (AvgIpc) is 3.38. The van der Waals surface area contributed by atoms with E-state index in [9.17, 15) is 14.7 Å². The van der Waals surface area contributed by atoms with Crippen molar-refractivity contribution in [2.24, 2.45) is 0 Å². The highest BCUT2D eigenvalue weighted by atomic mass is 16.4. The Balaban J connectivity index is 1.53. The molecule has 4 N–H and O–H groups in total. The SMILES string of the molecule is O=C(O)C(O)CNN(Cc1ccc(-c2ccccc2)cc1)C(=O)c1cc(-c2ccccc2)n[nH]1. The second-order valence-corrected chi connectivity index (χ2v) is 7.70.